The summed E-state index contributed by atoms with van der Waals surface area (Å²) in [6, 6.07) is 3.71. The maximum atomic E-state index is 11.3. The summed E-state index contributed by atoms with van der Waals surface area (Å²) < 4.78 is 0. The lowest BCUT2D eigenvalue weighted by atomic mass is 10.1. The minimum absolute atomic E-state index is 0.630. The molecule has 0 aliphatic carbocycles. The van der Waals surface area contributed by atoms with Crippen LogP contribution in [-0.2, 0) is 0 Å². The second-order valence-electron chi connectivity index (χ2n) is 4.49. The van der Waals surface area contributed by atoms with Gasteiger partial charge in [0, 0.05) is 36.9 Å². The molecule has 3 heterocycles. The van der Waals surface area contributed by atoms with Gasteiger partial charge in [-0.15, -0.1) is 11.8 Å². The van der Waals surface area contributed by atoms with Crippen LogP contribution in [-0.4, -0.2) is 36.6 Å². The normalized spacial score (nSPS) is 12.9. The van der Waals surface area contributed by atoms with Crippen LogP contribution in [0.3, 0.4) is 0 Å². The Morgan fingerprint density at radius 3 is 2.35 bits per heavy atom. The largest absolute Gasteiger partial charge is 0.337 e. The lowest BCUT2D eigenvalue weighted by molar-refractivity contribution is 0.112. The van der Waals surface area contributed by atoms with Crippen molar-refractivity contribution < 1.29 is 4.79 Å². The topological polar surface area (TPSA) is 49.3 Å². The number of aldehydes is 1. The monoisotopic (exact) mass is 286 g/mol. The van der Waals surface area contributed by atoms with Crippen LogP contribution in [0.25, 0.3) is 0 Å². The van der Waals surface area contributed by atoms with Gasteiger partial charge in [-0.25, -0.2) is 9.97 Å². The molecule has 6 heteroatoms. The highest BCUT2D eigenvalue weighted by molar-refractivity contribution is 7.98. The zero-order valence-electron chi connectivity index (χ0n) is 11.5. The molecule has 5 nitrogen and oxygen atoms in total. The minimum atomic E-state index is 0.630. The van der Waals surface area contributed by atoms with Crippen molar-refractivity contribution in [3.05, 3.63) is 30.1 Å². The van der Waals surface area contributed by atoms with Gasteiger partial charge in [-0.1, -0.05) is 0 Å². The number of thioether (sulfide) groups is 1. The van der Waals surface area contributed by atoms with Gasteiger partial charge >= 0.3 is 0 Å². The second kappa shape index (κ2) is 4.79. The molecule has 0 saturated carbocycles. The van der Waals surface area contributed by atoms with Crippen molar-refractivity contribution in [2.75, 3.05) is 30.2 Å². The van der Waals surface area contributed by atoms with Crippen molar-refractivity contribution in [2.24, 2.45) is 0 Å². The molecule has 1 aliphatic heterocycles. The van der Waals surface area contributed by atoms with Crippen LogP contribution in [0.5, 0.6) is 0 Å². The predicted molar refractivity (Wildman–Crippen MR) is 81.8 cm³/mol. The van der Waals surface area contributed by atoms with Crippen molar-refractivity contribution in [2.45, 2.75) is 4.90 Å². The zero-order valence-corrected chi connectivity index (χ0v) is 12.3. The Morgan fingerprint density at radius 2 is 1.70 bits per heavy atom. The predicted octanol–water partition coefficient (Wildman–Crippen LogP) is 2.86. The Kier molecular flexibility index (Phi) is 3.10. The van der Waals surface area contributed by atoms with Gasteiger partial charge in [0.2, 0.25) is 0 Å². The van der Waals surface area contributed by atoms with Gasteiger partial charge in [-0.2, -0.15) is 0 Å². The van der Waals surface area contributed by atoms with Gasteiger partial charge in [0.05, 0.1) is 11.4 Å². The summed E-state index contributed by atoms with van der Waals surface area (Å²) in [5.74, 6) is 1.60. The summed E-state index contributed by atoms with van der Waals surface area (Å²) >= 11 is 1.66. The van der Waals surface area contributed by atoms with E-state index < -0.39 is 0 Å². The maximum Gasteiger partial charge on any atom is 0.159 e. The molecule has 0 fully saturated rings. The van der Waals surface area contributed by atoms with Gasteiger partial charge in [0.1, 0.15) is 0 Å². The number of carbonyl (C=O) groups is 1. The molecule has 3 rings (SSSR count). The molecule has 102 valence electrons. The van der Waals surface area contributed by atoms with Crippen LogP contribution in [0.4, 0.5) is 23.0 Å². The molecule has 0 saturated heterocycles. The number of nitrogens with zero attached hydrogens (tertiary/aromatic N) is 4. The summed E-state index contributed by atoms with van der Waals surface area (Å²) in [5, 5.41) is 0. The molecule has 2 aromatic heterocycles. The third kappa shape index (κ3) is 1.68. The first-order valence-electron chi connectivity index (χ1n) is 6.13. The number of fused-ring (bicyclic) bond motifs is 2. The van der Waals surface area contributed by atoms with E-state index in [2.05, 4.69) is 9.97 Å². The minimum Gasteiger partial charge on any atom is -0.337 e. The molecule has 0 radical (unpaired) electrons. The first-order valence-corrected chi connectivity index (χ1v) is 7.36. The van der Waals surface area contributed by atoms with Gasteiger partial charge < -0.3 is 9.80 Å². The average Bonchev–Trinajstić information content (AvgIpc) is 2.50. The van der Waals surface area contributed by atoms with E-state index in [0.29, 0.717) is 5.56 Å². The summed E-state index contributed by atoms with van der Waals surface area (Å²) in [7, 11) is 3.87. The molecule has 0 spiro atoms. The Morgan fingerprint density at radius 1 is 1.05 bits per heavy atom. The number of anilines is 4. The quantitative estimate of drug-likeness (QED) is 0.625. The van der Waals surface area contributed by atoms with Crippen LogP contribution in [0.15, 0.2) is 29.4 Å². The molecule has 0 bridgehead atoms. The maximum absolute atomic E-state index is 11.3. The zero-order chi connectivity index (χ0) is 14.3. The first-order chi connectivity index (χ1) is 9.69. The standard InChI is InChI=1S/C14H14N4OS/c1-17-11-9(8-19)4-6-15-13(11)18(2)14-12(17)10(20-3)5-7-16-14/h4-8H,1-3H3. The Bertz CT molecular complexity index is 689. The van der Waals surface area contributed by atoms with Gasteiger partial charge in [-0.05, 0) is 18.4 Å². The smallest absolute Gasteiger partial charge is 0.159 e. The molecule has 1 aliphatic rings. The Labute approximate surface area is 121 Å². The van der Waals surface area contributed by atoms with Gasteiger partial charge in [-0.3, -0.25) is 4.79 Å². The molecule has 0 amide bonds. The number of aromatic nitrogens is 2. The number of hydrogen-bond acceptors (Lipinski definition) is 6. The average molecular weight is 286 g/mol. The highest BCUT2D eigenvalue weighted by Gasteiger charge is 2.30. The Balaban J connectivity index is 2.31. The molecule has 0 aromatic carbocycles. The lowest BCUT2D eigenvalue weighted by Gasteiger charge is -2.36. The van der Waals surface area contributed by atoms with Crippen LogP contribution < -0.4 is 9.80 Å². The fourth-order valence-electron chi connectivity index (χ4n) is 2.50. The Hall–Kier alpha value is -2.08. The third-order valence-electron chi connectivity index (χ3n) is 3.46. The molecule has 0 atom stereocenters. The van der Waals surface area contributed by atoms with Gasteiger partial charge in [0.15, 0.2) is 17.9 Å². The number of carbonyl (C=O) groups excluding carboxylic acids is 1. The highest BCUT2D eigenvalue weighted by atomic mass is 32.2. The van der Waals surface area contributed by atoms with Crippen LogP contribution in [0.2, 0.25) is 0 Å². The molecule has 20 heavy (non-hydrogen) atoms. The molecule has 0 unspecified atom stereocenters. The lowest BCUT2D eigenvalue weighted by Crippen LogP contribution is -2.27. The van der Waals surface area contributed by atoms with E-state index in [9.17, 15) is 4.79 Å². The van der Waals surface area contributed by atoms with E-state index in [0.717, 1.165) is 34.2 Å². The number of hydrogen-bond donors (Lipinski definition) is 0. The van der Waals surface area contributed by atoms with Crippen molar-refractivity contribution in [3.8, 4) is 0 Å². The third-order valence-corrected chi connectivity index (χ3v) is 4.23. The van der Waals surface area contributed by atoms with E-state index in [1.54, 1.807) is 30.2 Å². The molecule has 2 aromatic rings. The fourth-order valence-corrected chi connectivity index (χ4v) is 3.12. The molecule has 0 N–H and O–H groups in total. The SMILES string of the molecule is CSc1ccnc2c1N(C)c1c(C=O)ccnc1N2C. The van der Waals surface area contributed by atoms with E-state index >= 15 is 0 Å². The number of rotatable bonds is 2. The van der Waals surface area contributed by atoms with Crippen LogP contribution in [0.1, 0.15) is 10.4 Å². The highest BCUT2D eigenvalue weighted by Crippen LogP contribution is 2.48. The van der Waals surface area contributed by atoms with E-state index in [1.165, 1.54) is 0 Å². The fraction of sp³-hybridized carbons (Fsp3) is 0.214. The van der Waals surface area contributed by atoms with Crippen molar-refractivity contribution in [3.63, 3.8) is 0 Å². The molecular formula is C14H14N4OS. The summed E-state index contributed by atoms with van der Waals surface area (Å²) in [6.07, 6.45) is 6.34. The number of pyridine rings is 2. The summed E-state index contributed by atoms with van der Waals surface area (Å²) in [4.78, 5) is 25.2. The van der Waals surface area contributed by atoms with Crippen molar-refractivity contribution >= 4 is 41.1 Å². The van der Waals surface area contributed by atoms with Crippen LogP contribution in [0, 0.1) is 0 Å². The van der Waals surface area contributed by atoms with Crippen molar-refractivity contribution in [1.29, 1.82) is 0 Å². The van der Waals surface area contributed by atoms with Gasteiger partial charge in [0.25, 0.3) is 0 Å². The van der Waals surface area contributed by atoms with E-state index in [4.69, 9.17) is 0 Å². The summed E-state index contributed by atoms with van der Waals surface area (Å²) in [6.45, 7) is 0. The first kappa shape index (κ1) is 12.9. The van der Waals surface area contributed by atoms with E-state index in [-0.39, 0.29) is 0 Å². The van der Waals surface area contributed by atoms with E-state index in [1.807, 2.05) is 36.2 Å². The molecular weight excluding hydrogens is 272 g/mol. The van der Waals surface area contributed by atoms with Crippen LogP contribution >= 0.6 is 11.8 Å². The van der Waals surface area contributed by atoms with Crippen molar-refractivity contribution in [1.82, 2.24) is 9.97 Å². The summed E-state index contributed by atoms with van der Waals surface area (Å²) in [5.41, 5.74) is 2.46. The second-order valence-corrected chi connectivity index (χ2v) is 5.34.